The van der Waals surface area contributed by atoms with Gasteiger partial charge in [0.2, 0.25) is 0 Å². The van der Waals surface area contributed by atoms with E-state index in [0.29, 0.717) is 23.0 Å². The van der Waals surface area contributed by atoms with Crippen molar-refractivity contribution in [3.63, 3.8) is 0 Å². The molecular formula is C46H46N6O2. The van der Waals surface area contributed by atoms with Crippen molar-refractivity contribution in [2.75, 3.05) is 57.6 Å². The monoisotopic (exact) mass is 714 g/mol. The highest BCUT2D eigenvalue weighted by Crippen LogP contribution is 2.36. The summed E-state index contributed by atoms with van der Waals surface area (Å²) in [5.74, 6) is 0.888. The minimum atomic E-state index is -0.325. The summed E-state index contributed by atoms with van der Waals surface area (Å²) in [6, 6.07) is 53.9. The molecule has 6 rings (SSSR count). The number of rotatable bonds is 10. The van der Waals surface area contributed by atoms with Gasteiger partial charge in [0.1, 0.15) is 0 Å². The van der Waals surface area contributed by atoms with Gasteiger partial charge in [-0.1, -0.05) is 108 Å². The van der Waals surface area contributed by atoms with Gasteiger partial charge in [-0.15, -0.1) is 0 Å². The molecule has 0 fully saturated rings. The van der Waals surface area contributed by atoms with Crippen molar-refractivity contribution in [3.05, 3.63) is 193 Å². The zero-order chi connectivity index (χ0) is 38.2. The molecule has 0 heterocycles. The Kier molecular flexibility index (Phi) is 11.4. The standard InChI is InChI=1S/C46H46N6O2/c1-35-27-31-41(32-28-35)51(45(53)49(5)39-23-15-9-16-24-39)43(47(3)37-19-11-7-12-20-37)44(48(4)38-21-13-8-14-22-38)52(42-33-29-36(2)30-34-42)46(54)50(6)40-25-17-10-18-26-40/h7-34H,1-6H3/b44-43+. The largest absolute Gasteiger partial charge is 0.334 e. The van der Waals surface area contributed by atoms with Crippen molar-refractivity contribution in [1.29, 1.82) is 0 Å². The van der Waals surface area contributed by atoms with E-state index in [9.17, 15) is 0 Å². The molecule has 0 saturated carbocycles. The summed E-state index contributed by atoms with van der Waals surface area (Å²) in [7, 11) is 7.40. The van der Waals surface area contributed by atoms with Crippen LogP contribution in [-0.2, 0) is 0 Å². The highest BCUT2D eigenvalue weighted by molar-refractivity contribution is 6.09. The lowest BCUT2D eigenvalue weighted by Crippen LogP contribution is -2.52. The number of amides is 4. The van der Waals surface area contributed by atoms with Crippen LogP contribution in [0.3, 0.4) is 0 Å². The predicted octanol–water partition coefficient (Wildman–Crippen LogP) is 10.5. The molecule has 0 aliphatic carbocycles. The molecule has 8 nitrogen and oxygen atoms in total. The number of carbonyl (C=O) groups is 2. The van der Waals surface area contributed by atoms with Crippen molar-refractivity contribution < 1.29 is 9.59 Å². The molecular weight excluding hydrogens is 669 g/mol. The van der Waals surface area contributed by atoms with E-state index >= 15 is 9.59 Å². The van der Waals surface area contributed by atoms with Gasteiger partial charge in [-0.25, -0.2) is 19.4 Å². The average Bonchev–Trinajstić information content (AvgIpc) is 3.23. The fraction of sp³-hybridized carbons (Fsp3) is 0.130. The maximum atomic E-state index is 15.4. The average molecular weight is 715 g/mol. The Morgan fingerprint density at radius 3 is 0.815 bits per heavy atom. The highest BCUT2D eigenvalue weighted by atomic mass is 16.2. The quantitative estimate of drug-likeness (QED) is 0.142. The van der Waals surface area contributed by atoms with Crippen molar-refractivity contribution in [1.82, 2.24) is 0 Å². The summed E-state index contributed by atoms with van der Waals surface area (Å²) in [6.45, 7) is 4.04. The molecule has 8 heteroatoms. The van der Waals surface area contributed by atoms with Crippen LogP contribution in [0, 0.1) is 13.8 Å². The Morgan fingerprint density at radius 1 is 0.315 bits per heavy atom. The van der Waals surface area contributed by atoms with Gasteiger partial charge in [0, 0.05) is 50.9 Å². The normalized spacial score (nSPS) is 11.2. The summed E-state index contributed by atoms with van der Waals surface area (Å²) in [4.78, 5) is 41.3. The van der Waals surface area contributed by atoms with Crippen molar-refractivity contribution >= 4 is 46.2 Å². The number of aryl methyl sites for hydroxylation is 2. The smallest absolute Gasteiger partial charge is 0.327 e. The third-order valence-corrected chi connectivity index (χ3v) is 9.37. The molecule has 0 aliphatic heterocycles. The van der Waals surface area contributed by atoms with Crippen molar-refractivity contribution in [2.24, 2.45) is 0 Å². The fourth-order valence-electron chi connectivity index (χ4n) is 6.21. The van der Waals surface area contributed by atoms with Gasteiger partial charge in [0.15, 0.2) is 11.6 Å². The number of carbonyl (C=O) groups excluding carboxylic acids is 2. The first-order valence-electron chi connectivity index (χ1n) is 17.9. The maximum Gasteiger partial charge on any atom is 0.334 e. The van der Waals surface area contributed by atoms with Crippen LogP contribution in [0.5, 0.6) is 0 Å². The number of para-hydroxylation sites is 4. The lowest BCUT2D eigenvalue weighted by Gasteiger charge is -2.42. The molecule has 6 aromatic carbocycles. The highest BCUT2D eigenvalue weighted by Gasteiger charge is 2.37. The summed E-state index contributed by atoms with van der Waals surface area (Å²) in [5.41, 5.74) is 6.40. The number of hydrogen-bond acceptors (Lipinski definition) is 4. The zero-order valence-corrected chi connectivity index (χ0v) is 31.7. The van der Waals surface area contributed by atoms with E-state index in [0.717, 1.165) is 33.9 Å². The van der Waals surface area contributed by atoms with Gasteiger partial charge in [-0.2, -0.15) is 0 Å². The SMILES string of the molecule is Cc1ccc(N(C(=O)N(C)c2ccccc2)/C(=C(\N(C)c2ccccc2)N(C(=O)N(C)c2ccccc2)c2ccc(C)cc2)N(C)c2ccccc2)cc1. The van der Waals surface area contributed by atoms with Crippen LogP contribution in [0.15, 0.2) is 182 Å². The van der Waals surface area contributed by atoms with E-state index in [2.05, 4.69) is 0 Å². The fourth-order valence-corrected chi connectivity index (χ4v) is 6.21. The minimum absolute atomic E-state index is 0.325. The van der Waals surface area contributed by atoms with Gasteiger partial charge >= 0.3 is 12.1 Å². The first-order chi connectivity index (χ1) is 26.2. The second kappa shape index (κ2) is 16.7. The Balaban J connectivity index is 1.75. The summed E-state index contributed by atoms with van der Waals surface area (Å²) < 4.78 is 0. The molecule has 0 saturated heterocycles. The van der Waals surface area contributed by atoms with E-state index in [1.165, 1.54) is 0 Å². The van der Waals surface area contributed by atoms with Crippen LogP contribution >= 0.6 is 0 Å². The third-order valence-electron chi connectivity index (χ3n) is 9.37. The zero-order valence-electron chi connectivity index (χ0n) is 31.7. The first-order valence-corrected chi connectivity index (χ1v) is 17.9. The van der Waals surface area contributed by atoms with Gasteiger partial charge in [0.25, 0.3) is 0 Å². The lowest BCUT2D eigenvalue weighted by molar-refractivity contribution is 0.252. The van der Waals surface area contributed by atoms with Crippen LogP contribution in [0.25, 0.3) is 0 Å². The van der Waals surface area contributed by atoms with E-state index in [1.54, 1.807) is 33.7 Å². The Labute approximate surface area is 319 Å². The molecule has 0 spiro atoms. The number of urea groups is 2. The molecule has 0 unspecified atom stereocenters. The van der Waals surface area contributed by atoms with Crippen molar-refractivity contribution in [3.8, 4) is 0 Å². The van der Waals surface area contributed by atoms with Crippen LogP contribution in [0.2, 0.25) is 0 Å². The summed E-state index contributed by atoms with van der Waals surface area (Å²) in [6.07, 6.45) is 0. The molecule has 54 heavy (non-hydrogen) atoms. The minimum Gasteiger partial charge on any atom is -0.327 e. The third kappa shape index (κ3) is 7.98. The lowest BCUT2D eigenvalue weighted by atomic mass is 10.2. The molecule has 0 atom stereocenters. The number of benzene rings is 6. The first kappa shape index (κ1) is 37.0. The van der Waals surface area contributed by atoms with E-state index in [4.69, 9.17) is 0 Å². The number of nitrogens with zero attached hydrogens (tertiary/aromatic N) is 6. The Hall–Kier alpha value is -6.80. The van der Waals surface area contributed by atoms with Crippen LogP contribution < -0.4 is 29.4 Å². The van der Waals surface area contributed by atoms with E-state index in [1.807, 2.05) is 208 Å². The molecule has 6 aromatic rings. The molecule has 0 N–H and O–H groups in total. The molecule has 0 aliphatic rings. The van der Waals surface area contributed by atoms with Crippen LogP contribution in [0.4, 0.5) is 43.7 Å². The molecule has 0 aromatic heterocycles. The molecule has 4 amide bonds. The predicted molar refractivity (Wildman–Crippen MR) is 225 cm³/mol. The van der Waals surface area contributed by atoms with Crippen LogP contribution in [0.1, 0.15) is 11.1 Å². The topological polar surface area (TPSA) is 53.6 Å². The Bertz CT molecular complexity index is 2020. The number of hydrogen-bond donors (Lipinski definition) is 0. The molecule has 0 radical (unpaired) electrons. The Morgan fingerprint density at radius 2 is 0.556 bits per heavy atom. The van der Waals surface area contributed by atoms with Gasteiger partial charge in [0.05, 0.1) is 11.4 Å². The second-order valence-corrected chi connectivity index (χ2v) is 13.1. The summed E-state index contributed by atoms with van der Waals surface area (Å²) in [5, 5.41) is 0. The van der Waals surface area contributed by atoms with Crippen LogP contribution in [-0.4, -0.2) is 40.3 Å². The van der Waals surface area contributed by atoms with E-state index in [-0.39, 0.29) is 12.1 Å². The molecule has 0 bridgehead atoms. The van der Waals surface area contributed by atoms with Gasteiger partial charge in [-0.05, 0) is 86.6 Å². The molecule has 272 valence electrons. The van der Waals surface area contributed by atoms with Gasteiger partial charge in [-0.3, -0.25) is 9.80 Å². The van der Waals surface area contributed by atoms with Crippen molar-refractivity contribution in [2.45, 2.75) is 13.8 Å². The second-order valence-electron chi connectivity index (χ2n) is 13.1. The van der Waals surface area contributed by atoms with E-state index < -0.39 is 0 Å². The maximum absolute atomic E-state index is 15.4. The summed E-state index contributed by atoms with van der Waals surface area (Å²) >= 11 is 0. The van der Waals surface area contributed by atoms with Gasteiger partial charge < -0.3 is 9.80 Å². The number of anilines is 6.